The SMILES string of the molecule is COc1ccc(C2CC(=O)C(C(C)=O)=S2C)cc1. The lowest BCUT2D eigenvalue weighted by molar-refractivity contribution is -0.115. The van der Waals surface area contributed by atoms with Crippen molar-refractivity contribution in [2.75, 3.05) is 13.4 Å². The minimum absolute atomic E-state index is 0.00847. The largest absolute Gasteiger partial charge is 0.497 e. The number of ketones is 2. The van der Waals surface area contributed by atoms with Crippen LogP contribution < -0.4 is 4.74 Å². The van der Waals surface area contributed by atoms with E-state index in [0.717, 1.165) is 11.3 Å². The molecule has 18 heavy (non-hydrogen) atoms. The second-order valence-electron chi connectivity index (χ2n) is 4.33. The summed E-state index contributed by atoms with van der Waals surface area (Å²) < 4.78 is 5.12. The van der Waals surface area contributed by atoms with Gasteiger partial charge >= 0.3 is 0 Å². The van der Waals surface area contributed by atoms with E-state index in [1.807, 2.05) is 30.5 Å². The highest BCUT2D eigenvalue weighted by atomic mass is 32.2. The Bertz CT molecular complexity index is 528. The van der Waals surface area contributed by atoms with Crippen molar-refractivity contribution in [1.82, 2.24) is 0 Å². The number of hydrogen-bond donors (Lipinski definition) is 0. The highest BCUT2D eigenvalue weighted by Gasteiger charge is 2.32. The van der Waals surface area contributed by atoms with Crippen LogP contribution in [0.15, 0.2) is 24.3 Å². The number of carbonyl (C=O) groups excluding carboxylic acids is 2. The molecule has 1 aromatic rings. The number of benzene rings is 1. The Kier molecular flexibility index (Phi) is 3.66. The van der Waals surface area contributed by atoms with Gasteiger partial charge in [-0.25, -0.2) is 0 Å². The molecule has 0 bridgehead atoms. The highest BCUT2D eigenvalue weighted by molar-refractivity contribution is 8.18. The average Bonchev–Trinajstić information content (AvgIpc) is 2.65. The Balaban J connectivity index is 2.35. The second-order valence-corrected chi connectivity index (χ2v) is 6.42. The number of methoxy groups -OCH3 is 1. The van der Waals surface area contributed by atoms with Crippen molar-refractivity contribution in [2.45, 2.75) is 18.6 Å². The van der Waals surface area contributed by atoms with Gasteiger partial charge in [-0.1, -0.05) is 12.1 Å². The zero-order valence-electron chi connectivity index (χ0n) is 10.7. The van der Waals surface area contributed by atoms with Crippen molar-refractivity contribution in [3.63, 3.8) is 0 Å². The maximum absolute atomic E-state index is 11.9. The van der Waals surface area contributed by atoms with Crippen molar-refractivity contribution < 1.29 is 14.3 Å². The Morgan fingerprint density at radius 1 is 1.33 bits per heavy atom. The van der Waals surface area contributed by atoms with Gasteiger partial charge in [-0.05, 0) is 30.9 Å². The maximum Gasteiger partial charge on any atom is 0.173 e. The highest BCUT2D eigenvalue weighted by Crippen LogP contribution is 2.42. The van der Waals surface area contributed by atoms with Gasteiger partial charge in [0.2, 0.25) is 0 Å². The van der Waals surface area contributed by atoms with Crippen LogP contribution in [-0.4, -0.2) is 29.8 Å². The molecular formula is C14H16O3S. The van der Waals surface area contributed by atoms with Crippen LogP contribution >= 0.6 is 10.5 Å². The minimum atomic E-state index is -0.291. The lowest BCUT2D eigenvalue weighted by Gasteiger charge is -2.13. The molecule has 0 saturated heterocycles. The lowest BCUT2D eigenvalue weighted by atomic mass is 10.0. The molecule has 0 saturated carbocycles. The molecule has 0 amide bonds. The van der Waals surface area contributed by atoms with Crippen LogP contribution in [0.1, 0.15) is 24.2 Å². The molecule has 1 aromatic carbocycles. The van der Waals surface area contributed by atoms with Gasteiger partial charge in [0.05, 0.1) is 12.0 Å². The van der Waals surface area contributed by atoms with E-state index in [-0.39, 0.29) is 27.3 Å². The topological polar surface area (TPSA) is 43.4 Å². The summed E-state index contributed by atoms with van der Waals surface area (Å²) in [5.74, 6) is 0.728. The van der Waals surface area contributed by atoms with E-state index in [1.165, 1.54) is 6.92 Å². The average molecular weight is 264 g/mol. The molecule has 1 aliphatic rings. The van der Waals surface area contributed by atoms with E-state index in [2.05, 4.69) is 0 Å². The predicted octanol–water partition coefficient (Wildman–Crippen LogP) is 2.37. The third-order valence-electron chi connectivity index (χ3n) is 3.18. The number of hydrogen-bond acceptors (Lipinski definition) is 3. The van der Waals surface area contributed by atoms with Gasteiger partial charge in [-0.3, -0.25) is 9.59 Å². The normalized spacial score (nSPS) is 23.3. The summed E-state index contributed by atoms with van der Waals surface area (Å²) in [5, 5.41) is 0.141. The smallest absolute Gasteiger partial charge is 0.173 e. The molecule has 0 aliphatic carbocycles. The third kappa shape index (κ3) is 2.25. The first kappa shape index (κ1) is 13.0. The molecule has 0 aromatic heterocycles. The van der Waals surface area contributed by atoms with Crippen molar-refractivity contribution in [1.29, 1.82) is 0 Å². The zero-order chi connectivity index (χ0) is 13.3. The summed E-state index contributed by atoms with van der Waals surface area (Å²) in [6.07, 6.45) is 2.43. The van der Waals surface area contributed by atoms with Crippen LogP contribution in [0.4, 0.5) is 0 Å². The van der Waals surface area contributed by atoms with Crippen LogP contribution in [-0.2, 0) is 9.59 Å². The molecule has 2 unspecified atom stereocenters. The molecule has 0 fully saturated rings. The molecule has 0 radical (unpaired) electrons. The fourth-order valence-electron chi connectivity index (χ4n) is 2.27. The van der Waals surface area contributed by atoms with E-state index in [9.17, 15) is 9.59 Å². The summed E-state index contributed by atoms with van der Waals surface area (Å²) in [4.78, 5) is 23.8. The Labute approximate surface area is 109 Å². The Hall–Kier alpha value is -1.42. The van der Waals surface area contributed by atoms with Crippen molar-refractivity contribution >= 4 is 26.9 Å². The van der Waals surface area contributed by atoms with E-state index >= 15 is 0 Å². The number of rotatable bonds is 3. The predicted molar refractivity (Wildman–Crippen MR) is 74.6 cm³/mol. The third-order valence-corrected chi connectivity index (χ3v) is 5.63. The van der Waals surface area contributed by atoms with Crippen LogP contribution in [0, 0.1) is 0 Å². The first-order valence-electron chi connectivity index (χ1n) is 5.74. The molecule has 2 rings (SSSR count). The van der Waals surface area contributed by atoms with Crippen LogP contribution in [0.3, 0.4) is 0 Å². The van der Waals surface area contributed by atoms with E-state index in [1.54, 1.807) is 7.11 Å². The molecule has 3 nitrogen and oxygen atoms in total. The number of Topliss-reactive ketones (excluding diaryl/α,β-unsaturated/α-hetero) is 2. The quantitative estimate of drug-likeness (QED) is 0.787. The fraction of sp³-hybridized carbons (Fsp3) is 0.357. The molecule has 1 aliphatic heterocycles. The zero-order valence-corrected chi connectivity index (χ0v) is 11.5. The summed E-state index contributed by atoms with van der Waals surface area (Å²) >= 11 is 0. The van der Waals surface area contributed by atoms with Gasteiger partial charge in [0, 0.05) is 11.7 Å². The second kappa shape index (κ2) is 5.06. The monoisotopic (exact) mass is 264 g/mol. The summed E-state index contributed by atoms with van der Waals surface area (Å²) in [7, 11) is 1.33. The Morgan fingerprint density at radius 3 is 2.39 bits per heavy atom. The molecule has 0 N–H and O–H groups in total. The van der Waals surface area contributed by atoms with Gasteiger partial charge in [0.25, 0.3) is 0 Å². The van der Waals surface area contributed by atoms with Gasteiger partial charge in [-0.2, -0.15) is 10.5 Å². The summed E-state index contributed by atoms with van der Waals surface area (Å²) in [6, 6.07) is 7.73. The molecular weight excluding hydrogens is 248 g/mol. The van der Waals surface area contributed by atoms with Gasteiger partial charge < -0.3 is 4.74 Å². The lowest BCUT2D eigenvalue weighted by Crippen LogP contribution is -2.16. The minimum Gasteiger partial charge on any atom is -0.497 e. The molecule has 96 valence electrons. The molecule has 1 heterocycles. The van der Waals surface area contributed by atoms with Gasteiger partial charge in [0.1, 0.15) is 5.75 Å². The summed E-state index contributed by atoms with van der Waals surface area (Å²) in [5.41, 5.74) is 1.10. The van der Waals surface area contributed by atoms with Crippen molar-refractivity contribution in [2.24, 2.45) is 0 Å². The first-order valence-corrected chi connectivity index (χ1v) is 7.44. The molecule has 2 atom stereocenters. The van der Waals surface area contributed by atoms with E-state index in [4.69, 9.17) is 4.74 Å². The van der Waals surface area contributed by atoms with E-state index in [0.29, 0.717) is 11.3 Å². The van der Waals surface area contributed by atoms with Crippen LogP contribution in [0.25, 0.3) is 0 Å². The Morgan fingerprint density at radius 2 is 1.94 bits per heavy atom. The fourth-order valence-corrected chi connectivity index (χ4v) is 4.42. The standard InChI is InChI=1S/C14H16O3S/c1-9(15)14-12(16)8-13(18(14)3)10-4-6-11(17-2)7-5-10/h4-7,13H,8H2,1-3H3. The summed E-state index contributed by atoms with van der Waals surface area (Å²) in [6.45, 7) is 1.48. The van der Waals surface area contributed by atoms with Gasteiger partial charge in [0.15, 0.2) is 11.6 Å². The van der Waals surface area contributed by atoms with Crippen molar-refractivity contribution in [3.8, 4) is 5.75 Å². The number of ether oxygens (including phenoxy) is 1. The molecule has 0 spiro atoms. The first-order chi connectivity index (χ1) is 8.54. The maximum atomic E-state index is 11.9. The number of carbonyl (C=O) groups is 2. The van der Waals surface area contributed by atoms with Crippen molar-refractivity contribution in [3.05, 3.63) is 29.8 Å². The van der Waals surface area contributed by atoms with Crippen LogP contribution in [0.2, 0.25) is 0 Å². The van der Waals surface area contributed by atoms with Gasteiger partial charge in [-0.15, -0.1) is 0 Å². The van der Waals surface area contributed by atoms with Crippen LogP contribution in [0.5, 0.6) is 5.75 Å². The van der Waals surface area contributed by atoms with E-state index < -0.39 is 0 Å². The molecule has 4 heteroatoms.